The highest BCUT2D eigenvalue weighted by Crippen LogP contribution is 2.39. The molecule has 3 atom stereocenters. The summed E-state index contributed by atoms with van der Waals surface area (Å²) in [7, 11) is 3.70. The number of unbranched alkanes of at least 4 members (excludes halogenated alkanes) is 3. The molecule has 1 saturated carbocycles. The van der Waals surface area contributed by atoms with Crippen LogP contribution in [0.1, 0.15) is 57.4 Å². The van der Waals surface area contributed by atoms with Gasteiger partial charge in [-0.2, -0.15) is 0 Å². The quantitative estimate of drug-likeness (QED) is 0.337. The van der Waals surface area contributed by atoms with Crippen LogP contribution in [0, 0.1) is 11.8 Å². The van der Waals surface area contributed by atoms with Crippen molar-refractivity contribution in [1.29, 1.82) is 0 Å². The monoisotopic (exact) mass is 420 g/mol. The molecule has 0 amide bonds. The van der Waals surface area contributed by atoms with E-state index in [1.54, 1.807) is 12.1 Å². The van der Waals surface area contributed by atoms with Gasteiger partial charge in [0.2, 0.25) is 0 Å². The molecular formula is C23H32O3S2. The van der Waals surface area contributed by atoms with Gasteiger partial charge in [0.1, 0.15) is 6.10 Å². The topological polar surface area (TPSA) is 46.5 Å². The zero-order valence-electron chi connectivity index (χ0n) is 16.8. The molecule has 1 aromatic rings. The fourth-order valence-electron chi connectivity index (χ4n) is 3.93. The van der Waals surface area contributed by atoms with E-state index in [1.807, 2.05) is 39.8 Å². The van der Waals surface area contributed by atoms with Gasteiger partial charge in [-0.3, -0.25) is 4.79 Å². The Morgan fingerprint density at radius 2 is 2.11 bits per heavy atom. The van der Waals surface area contributed by atoms with E-state index in [9.17, 15) is 9.90 Å². The number of fused-ring (bicyclic) bond motifs is 3. The summed E-state index contributed by atoms with van der Waals surface area (Å²) in [4.78, 5) is 12.8. The molecule has 2 bridgehead atoms. The van der Waals surface area contributed by atoms with Crippen LogP contribution < -0.4 is 4.74 Å². The van der Waals surface area contributed by atoms with E-state index in [0.29, 0.717) is 18.1 Å². The molecule has 0 radical (unpaired) electrons. The van der Waals surface area contributed by atoms with Gasteiger partial charge in [0.15, 0.2) is 17.3 Å². The number of hydrogen-bond acceptors (Lipinski definition) is 5. The number of ketones is 1. The van der Waals surface area contributed by atoms with Gasteiger partial charge in [0.05, 0.1) is 0 Å². The van der Waals surface area contributed by atoms with Gasteiger partial charge in [-0.05, 0) is 62.3 Å². The maximum absolute atomic E-state index is 12.8. The van der Waals surface area contributed by atoms with Crippen LogP contribution in [-0.4, -0.2) is 28.5 Å². The minimum atomic E-state index is -0.0314. The molecule has 0 spiro atoms. The minimum absolute atomic E-state index is 0.0314. The van der Waals surface area contributed by atoms with Crippen molar-refractivity contribution in [3.63, 3.8) is 0 Å². The normalized spacial score (nSPS) is 25.5. The van der Waals surface area contributed by atoms with E-state index in [0.717, 1.165) is 36.3 Å². The summed E-state index contributed by atoms with van der Waals surface area (Å²) in [6.07, 6.45) is 12.7. The molecule has 1 aromatic carbocycles. The molecule has 3 rings (SSSR count). The molecule has 1 fully saturated rings. The number of carbonyl (C=O) groups is 1. The van der Waals surface area contributed by atoms with E-state index in [2.05, 4.69) is 6.92 Å². The fourth-order valence-corrected chi connectivity index (χ4v) is 6.72. The zero-order chi connectivity index (χ0) is 19.8. The van der Waals surface area contributed by atoms with Crippen molar-refractivity contribution in [1.82, 2.24) is 0 Å². The Hall–Kier alpha value is -1.07. The summed E-state index contributed by atoms with van der Waals surface area (Å²) >= 11 is 0. The standard InChI is InChI=1S/C23H32O3S2/c1-2-3-4-5-6-9-20(24)19-13-17-11-12-21(25)23(14-17)26-22-10-7-8-18(22)15-27-28-16-19/h6,9,11-12,14,18-19,22,25H,2-5,7-8,10,13,15-16H2,1H3. The van der Waals surface area contributed by atoms with Gasteiger partial charge in [0, 0.05) is 23.3 Å². The van der Waals surface area contributed by atoms with Crippen molar-refractivity contribution in [3.05, 3.63) is 35.9 Å². The number of benzene rings is 1. The van der Waals surface area contributed by atoms with E-state index < -0.39 is 0 Å². The summed E-state index contributed by atoms with van der Waals surface area (Å²) in [6.45, 7) is 2.19. The lowest BCUT2D eigenvalue weighted by Gasteiger charge is -2.23. The van der Waals surface area contributed by atoms with Crippen molar-refractivity contribution in [3.8, 4) is 11.5 Å². The molecule has 1 N–H and O–H groups in total. The van der Waals surface area contributed by atoms with Crippen LogP contribution in [0.25, 0.3) is 0 Å². The van der Waals surface area contributed by atoms with Crippen molar-refractivity contribution in [2.75, 3.05) is 11.5 Å². The van der Waals surface area contributed by atoms with Gasteiger partial charge < -0.3 is 9.84 Å². The average molecular weight is 421 g/mol. The molecule has 5 heteroatoms. The summed E-state index contributed by atoms with van der Waals surface area (Å²) in [5.74, 6) is 3.36. The van der Waals surface area contributed by atoms with E-state index in [4.69, 9.17) is 4.74 Å². The summed E-state index contributed by atoms with van der Waals surface area (Å²) in [6, 6.07) is 5.57. The van der Waals surface area contributed by atoms with Gasteiger partial charge >= 0.3 is 0 Å². The molecule has 2 aliphatic rings. The number of rotatable bonds is 6. The average Bonchev–Trinajstić information content (AvgIpc) is 3.12. The third-order valence-electron chi connectivity index (χ3n) is 5.67. The van der Waals surface area contributed by atoms with Crippen molar-refractivity contribution < 1.29 is 14.6 Å². The SMILES string of the molecule is CCCCCC=CC(=O)C1CSSCC2CCCC2Oc2cc(ccc2O)C1. The Bertz CT molecular complexity index is 674. The lowest BCUT2D eigenvalue weighted by atomic mass is 9.96. The zero-order valence-corrected chi connectivity index (χ0v) is 18.4. The van der Waals surface area contributed by atoms with Crippen molar-refractivity contribution in [2.24, 2.45) is 11.8 Å². The predicted octanol–water partition coefficient (Wildman–Crippen LogP) is 6.20. The lowest BCUT2D eigenvalue weighted by Crippen LogP contribution is -2.24. The summed E-state index contributed by atoms with van der Waals surface area (Å²) in [5.41, 5.74) is 1.06. The largest absolute Gasteiger partial charge is 0.504 e. The summed E-state index contributed by atoms with van der Waals surface area (Å²) < 4.78 is 6.21. The van der Waals surface area contributed by atoms with Crippen LogP contribution in [0.4, 0.5) is 0 Å². The number of aromatic hydroxyl groups is 1. The first-order valence-corrected chi connectivity index (χ1v) is 13.1. The first-order valence-electron chi connectivity index (χ1n) is 10.6. The highest BCUT2D eigenvalue weighted by atomic mass is 33.1. The van der Waals surface area contributed by atoms with Gasteiger partial charge in [0.25, 0.3) is 0 Å². The van der Waals surface area contributed by atoms with Gasteiger partial charge in [-0.15, -0.1) is 0 Å². The van der Waals surface area contributed by atoms with Crippen molar-refractivity contribution >= 4 is 27.4 Å². The number of ether oxygens (including phenoxy) is 1. The number of allylic oxidation sites excluding steroid dienone is 2. The second-order valence-electron chi connectivity index (χ2n) is 7.92. The van der Waals surface area contributed by atoms with Crippen LogP contribution in [0.2, 0.25) is 0 Å². The van der Waals surface area contributed by atoms with Crippen molar-refractivity contribution in [2.45, 2.75) is 64.4 Å². The Morgan fingerprint density at radius 3 is 2.96 bits per heavy atom. The van der Waals surface area contributed by atoms with E-state index in [1.165, 1.54) is 25.7 Å². The molecule has 28 heavy (non-hydrogen) atoms. The Morgan fingerprint density at radius 1 is 1.25 bits per heavy atom. The number of phenols is 1. The molecule has 1 aliphatic heterocycles. The predicted molar refractivity (Wildman–Crippen MR) is 120 cm³/mol. The highest BCUT2D eigenvalue weighted by Gasteiger charge is 2.30. The number of phenolic OH excluding ortho intramolecular Hbond substituents is 1. The van der Waals surface area contributed by atoms with Crippen LogP contribution in [-0.2, 0) is 11.2 Å². The smallest absolute Gasteiger partial charge is 0.161 e. The first-order chi connectivity index (χ1) is 13.7. The fraction of sp³-hybridized carbons (Fsp3) is 0.609. The van der Waals surface area contributed by atoms with E-state index in [-0.39, 0.29) is 23.6 Å². The minimum Gasteiger partial charge on any atom is -0.504 e. The Labute approximate surface area is 177 Å². The Kier molecular flexibility index (Phi) is 8.66. The summed E-state index contributed by atoms with van der Waals surface area (Å²) in [5, 5.41) is 10.2. The Balaban J connectivity index is 1.72. The highest BCUT2D eigenvalue weighted by molar-refractivity contribution is 8.76. The molecule has 3 unspecified atom stereocenters. The lowest BCUT2D eigenvalue weighted by molar-refractivity contribution is -0.117. The maximum atomic E-state index is 12.8. The van der Waals surface area contributed by atoms with Gasteiger partial charge in [-0.1, -0.05) is 53.5 Å². The molecule has 154 valence electrons. The molecule has 3 nitrogen and oxygen atoms in total. The molecule has 0 aromatic heterocycles. The molecule has 0 saturated heterocycles. The molecule has 1 aliphatic carbocycles. The molecule has 1 heterocycles. The van der Waals surface area contributed by atoms with E-state index >= 15 is 0 Å². The second kappa shape index (κ2) is 11.2. The first kappa shape index (κ1) is 21.6. The number of hydrogen-bond donors (Lipinski definition) is 1. The van der Waals surface area contributed by atoms with Crippen LogP contribution in [0.15, 0.2) is 30.4 Å². The third kappa shape index (κ3) is 6.21. The van der Waals surface area contributed by atoms with Crippen LogP contribution in [0.3, 0.4) is 0 Å². The second-order valence-corrected chi connectivity index (χ2v) is 10.5. The van der Waals surface area contributed by atoms with Crippen LogP contribution in [0.5, 0.6) is 11.5 Å². The third-order valence-corrected chi connectivity index (χ3v) is 8.25. The van der Waals surface area contributed by atoms with Gasteiger partial charge in [-0.25, -0.2) is 0 Å². The van der Waals surface area contributed by atoms with Crippen LogP contribution >= 0.6 is 21.6 Å². The number of carbonyl (C=O) groups excluding carboxylic acids is 1. The maximum Gasteiger partial charge on any atom is 0.161 e. The molecular weight excluding hydrogens is 388 g/mol.